The van der Waals surface area contributed by atoms with E-state index in [1.54, 1.807) is 46.8 Å². The molecule has 14 heteroatoms. The lowest BCUT2D eigenvalue weighted by Crippen LogP contribution is -2.46. The van der Waals surface area contributed by atoms with Crippen LogP contribution in [0.4, 0.5) is 11.4 Å². The van der Waals surface area contributed by atoms with Crippen molar-refractivity contribution in [1.82, 2.24) is 0 Å². The minimum absolute atomic E-state index is 0.0541. The van der Waals surface area contributed by atoms with Gasteiger partial charge in [-0.2, -0.15) is 0 Å². The number of piperidine rings is 1. The van der Waals surface area contributed by atoms with Crippen LogP contribution in [0.25, 0.3) is 10.8 Å². The van der Waals surface area contributed by atoms with E-state index in [0.717, 1.165) is 12.8 Å². The van der Waals surface area contributed by atoms with Gasteiger partial charge in [0.25, 0.3) is 11.7 Å². The van der Waals surface area contributed by atoms with E-state index in [9.17, 15) is 39.9 Å². The number of fused-ring (bicyclic) bond motifs is 14. The lowest BCUT2D eigenvalue weighted by atomic mass is 9.78. The summed E-state index contributed by atoms with van der Waals surface area (Å²) in [7, 11) is 1.45. The zero-order valence-corrected chi connectivity index (χ0v) is 34.5. The number of hydrogen-bond donors (Lipinski definition) is 6. The summed E-state index contributed by atoms with van der Waals surface area (Å²) in [6.07, 6.45) is 5.26. The van der Waals surface area contributed by atoms with Crippen molar-refractivity contribution in [1.29, 1.82) is 0 Å². The van der Waals surface area contributed by atoms with Crippen molar-refractivity contribution in [3.63, 3.8) is 0 Å². The summed E-state index contributed by atoms with van der Waals surface area (Å²) in [4.78, 5) is 42.4. The Morgan fingerprint density at radius 1 is 0.912 bits per heavy atom. The summed E-state index contributed by atoms with van der Waals surface area (Å²) in [5, 5.41) is 61.0. The van der Waals surface area contributed by atoms with E-state index in [1.165, 1.54) is 46.3 Å². The van der Waals surface area contributed by atoms with Gasteiger partial charge in [0.05, 0.1) is 35.5 Å². The molecule has 4 aliphatic heterocycles. The van der Waals surface area contributed by atoms with Crippen LogP contribution in [0.2, 0.25) is 0 Å². The molecule has 14 nitrogen and oxygen atoms in total. The van der Waals surface area contributed by atoms with Crippen molar-refractivity contribution in [2.24, 2.45) is 29.6 Å². The Balaban J connectivity index is 1.72. The average molecular weight is 795 g/mol. The monoisotopic (exact) mass is 794 g/mol. The first-order valence-electron chi connectivity index (χ1n) is 19.6. The number of hydrogen-bond acceptors (Lipinski definition) is 13. The number of aliphatic hydroxyl groups excluding tert-OH is 2. The molecule has 0 saturated carbocycles. The highest BCUT2D eigenvalue weighted by Crippen LogP contribution is 2.58. The molecule has 9 atom stereocenters. The van der Waals surface area contributed by atoms with E-state index in [1.807, 2.05) is 4.90 Å². The summed E-state index contributed by atoms with van der Waals surface area (Å²) in [5.74, 6) is -7.46. The quantitative estimate of drug-likeness (QED) is 0.120. The fraction of sp³-hybridized carbons (Fsp3) is 0.558. The predicted molar refractivity (Wildman–Crippen MR) is 214 cm³/mol. The third-order valence-electron chi connectivity index (χ3n) is 12.1. The molecular weight excluding hydrogens is 736 g/mol. The Labute approximate surface area is 333 Å². The third-order valence-corrected chi connectivity index (χ3v) is 12.1. The molecule has 0 unspecified atom stereocenters. The Morgan fingerprint density at radius 3 is 2.18 bits per heavy atom. The number of Topliss-reactive ketones (excluding diaryl/α,β-unsaturated/α-hetero) is 1. The van der Waals surface area contributed by atoms with E-state index in [0.29, 0.717) is 19.0 Å². The van der Waals surface area contributed by atoms with Gasteiger partial charge in [-0.25, -0.2) is 0 Å². The number of benzene rings is 2. The summed E-state index contributed by atoms with van der Waals surface area (Å²) in [5.41, 5.74) is 0.130. The van der Waals surface area contributed by atoms with E-state index in [-0.39, 0.29) is 44.6 Å². The molecule has 312 valence electrons. The van der Waals surface area contributed by atoms with Crippen molar-refractivity contribution >= 4 is 39.8 Å². The normalized spacial score (nSPS) is 32.6. The number of aliphatic hydroxyl groups is 2. The summed E-state index contributed by atoms with van der Waals surface area (Å²) < 4.78 is 23.7. The van der Waals surface area contributed by atoms with Crippen molar-refractivity contribution in [3.05, 3.63) is 47.3 Å². The smallest absolute Gasteiger partial charge is 0.312 e. The number of phenols is 3. The van der Waals surface area contributed by atoms with Gasteiger partial charge in [-0.05, 0) is 38.7 Å². The topological polar surface area (TPSA) is 205 Å². The number of esters is 1. The van der Waals surface area contributed by atoms with E-state index < -0.39 is 88.8 Å². The molecule has 0 aliphatic carbocycles. The minimum atomic E-state index is -2.01. The van der Waals surface area contributed by atoms with Gasteiger partial charge in [0.15, 0.2) is 5.75 Å². The lowest BCUT2D eigenvalue weighted by Gasteiger charge is -2.38. The Hall–Kier alpha value is -4.79. The lowest BCUT2D eigenvalue weighted by molar-refractivity contribution is -0.160. The van der Waals surface area contributed by atoms with Crippen LogP contribution in [0.1, 0.15) is 84.2 Å². The molecule has 0 spiro atoms. The van der Waals surface area contributed by atoms with Crippen molar-refractivity contribution in [2.45, 2.75) is 105 Å². The number of phenolic OH excluding ortho intramolecular Hbond substituents is 3. The van der Waals surface area contributed by atoms with Crippen LogP contribution in [-0.2, 0) is 23.8 Å². The molecule has 0 radical (unpaired) electrons. The number of amides is 1. The number of carbonyl (C=O) groups excluding carboxylic acids is 3. The zero-order chi connectivity index (χ0) is 42.3. The van der Waals surface area contributed by atoms with Gasteiger partial charge in [0, 0.05) is 74.2 Å². The van der Waals surface area contributed by atoms with E-state index >= 15 is 0 Å². The van der Waals surface area contributed by atoms with Crippen LogP contribution in [0, 0.1) is 36.5 Å². The maximum atomic E-state index is 14.4. The maximum Gasteiger partial charge on any atom is 0.312 e. The highest BCUT2D eigenvalue weighted by atomic mass is 16.7. The molecule has 6 N–H and O–H groups in total. The number of ether oxygens (including phenoxy) is 4. The first kappa shape index (κ1) is 43.3. The minimum Gasteiger partial charge on any atom is -0.507 e. The molecule has 0 aromatic heterocycles. The third kappa shape index (κ3) is 8.17. The molecule has 2 aromatic rings. The Kier molecular flexibility index (Phi) is 12.9. The van der Waals surface area contributed by atoms with Gasteiger partial charge in [-0.1, -0.05) is 52.8 Å². The number of nitrogens with one attached hydrogen (secondary N) is 1. The molecule has 4 heterocycles. The highest BCUT2D eigenvalue weighted by molar-refractivity contribution is 6.23. The first-order valence-corrected chi connectivity index (χ1v) is 19.6. The first-order chi connectivity index (χ1) is 26.7. The molecule has 1 fully saturated rings. The van der Waals surface area contributed by atoms with E-state index in [4.69, 9.17) is 18.9 Å². The van der Waals surface area contributed by atoms with Gasteiger partial charge < -0.3 is 54.7 Å². The summed E-state index contributed by atoms with van der Waals surface area (Å²) in [6.45, 7) is 15.7. The highest BCUT2D eigenvalue weighted by Gasteiger charge is 2.50. The molecule has 4 aliphatic rings. The van der Waals surface area contributed by atoms with Crippen LogP contribution in [0.3, 0.4) is 0 Å². The Morgan fingerprint density at radius 2 is 1.56 bits per heavy atom. The number of methoxy groups -OCH3 is 1. The second kappa shape index (κ2) is 17.0. The van der Waals surface area contributed by atoms with Gasteiger partial charge in [-0.15, -0.1) is 0 Å². The van der Waals surface area contributed by atoms with Gasteiger partial charge in [0.1, 0.15) is 34.7 Å². The zero-order valence-electron chi connectivity index (χ0n) is 34.5. The van der Waals surface area contributed by atoms with Crippen LogP contribution < -0.4 is 15.0 Å². The number of ketones is 1. The second-order valence-electron chi connectivity index (χ2n) is 16.2. The fourth-order valence-electron chi connectivity index (χ4n) is 8.25. The van der Waals surface area contributed by atoms with Crippen molar-refractivity contribution in [2.75, 3.05) is 30.4 Å². The standard InChI is InChI=1S/C43H58N2O12/c1-20-14-17-45(18-15-20)33-32-37(50)30-29(38(33)51)31-40(26(7)36(30)49)57-43(9,41(31)52)55-19-16-28(54-10)23(4)39(56-27(8)46)25(6)35(48)24(5)34(47)21(2)12-11-13-22(3)42(53)44-32/h11-13,16,19-21,23-25,28,34-35,39,47-51H,14-15,17-18H2,1-10H3,(H,44,53)/b12-11+,19-16+,22-13-/t21-,23+,24+,25+,28-,34-,35+,39+,43-/m0/s1. The van der Waals surface area contributed by atoms with Crippen LogP contribution >= 0.6 is 0 Å². The molecule has 2 aromatic carbocycles. The molecule has 6 rings (SSSR count). The summed E-state index contributed by atoms with van der Waals surface area (Å²) in [6, 6.07) is 0. The fourth-order valence-corrected chi connectivity index (χ4v) is 8.25. The van der Waals surface area contributed by atoms with Crippen molar-refractivity contribution in [3.8, 4) is 23.0 Å². The number of rotatable bonds is 3. The second-order valence-corrected chi connectivity index (χ2v) is 16.2. The molecule has 1 amide bonds. The number of carbonyl (C=O) groups is 3. The molecule has 1 saturated heterocycles. The SMILES string of the molecule is CO[C@H]1/C=C/O[C@@]2(C)Oc3c(C)c(O)c4c(O)c(c(N5CCC(C)CC5)c(O)c4c3C2=O)NC(=O)/C(C)=C\C=C\[C@H](C)[C@H](O)[C@@H](C)[C@@H](O)[C@@H](C)[C@H](OC(C)=O)[C@@H]1C. The maximum absolute atomic E-state index is 14.4. The van der Waals surface area contributed by atoms with Gasteiger partial charge in [-0.3, -0.25) is 14.4 Å². The van der Waals surface area contributed by atoms with Crippen LogP contribution in [-0.4, -0.2) is 93.6 Å². The van der Waals surface area contributed by atoms with Gasteiger partial charge in [0.2, 0.25) is 0 Å². The number of allylic oxidation sites excluding steroid dienone is 2. The van der Waals surface area contributed by atoms with Gasteiger partial charge >= 0.3 is 11.8 Å². The number of nitrogens with zero attached hydrogens (tertiary/aromatic N) is 1. The van der Waals surface area contributed by atoms with E-state index in [2.05, 4.69) is 12.2 Å². The predicted octanol–water partition coefficient (Wildman–Crippen LogP) is 5.99. The Bertz CT molecular complexity index is 1980. The molecular formula is C43H58N2O12. The van der Waals surface area contributed by atoms with Crippen LogP contribution in [0.15, 0.2) is 36.1 Å². The number of anilines is 2. The molecule has 57 heavy (non-hydrogen) atoms. The van der Waals surface area contributed by atoms with Crippen molar-refractivity contribution < 1.29 is 58.9 Å². The van der Waals surface area contributed by atoms with Crippen LogP contribution in [0.5, 0.6) is 23.0 Å². The molecule has 5 bridgehead atoms. The number of aromatic hydroxyl groups is 3. The largest absolute Gasteiger partial charge is 0.507 e. The average Bonchev–Trinajstić information content (AvgIpc) is 3.43. The summed E-state index contributed by atoms with van der Waals surface area (Å²) >= 11 is 0.